The third-order valence-corrected chi connectivity index (χ3v) is 5.09. The molecule has 0 fully saturated rings. The number of ether oxygens (including phenoxy) is 1. The lowest BCUT2D eigenvalue weighted by Gasteiger charge is -2.32. The largest absolute Gasteiger partial charge is 0.464 e. The van der Waals surface area contributed by atoms with Gasteiger partial charge in [0.15, 0.2) is 28.8 Å². The molecule has 0 spiro atoms. The summed E-state index contributed by atoms with van der Waals surface area (Å²) >= 11 is 0. The van der Waals surface area contributed by atoms with Crippen LogP contribution in [0.4, 0.5) is 40.8 Å². The SMILES string of the molecule is CCOC(=O)C(/C=C/c1ccc(F)cc1)(Nc1c(F)c(F)c(C(F)(F)F)c(F)c1F)c1ccccc1. The van der Waals surface area contributed by atoms with Gasteiger partial charge in [0.1, 0.15) is 17.1 Å². The van der Waals surface area contributed by atoms with Crippen LogP contribution < -0.4 is 5.32 Å². The van der Waals surface area contributed by atoms with Crippen LogP contribution in [0.5, 0.6) is 0 Å². The number of alkyl halides is 3. The van der Waals surface area contributed by atoms with E-state index < -0.39 is 58.0 Å². The summed E-state index contributed by atoms with van der Waals surface area (Å²) in [6.45, 7) is 1.18. The number of anilines is 1. The summed E-state index contributed by atoms with van der Waals surface area (Å²) in [5.74, 6) is -12.0. The van der Waals surface area contributed by atoms with Gasteiger partial charge in [-0.25, -0.2) is 26.7 Å². The Morgan fingerprint density at radius 3 is 1.92 bits per heavy atom. The topological polar surface area (TPSA) is 38.3 Å². The average molecular weight is 515 g/mol. The number of carbonyl (C=O) groups excluding carboxylic acids is 1. The Morgan fingerprint density at radius 1 is 0.861 bits per heavy atom. The summed E-state index contributed by atoms with van der Waals surface area (Å²) in [5, 5.41) is 2.04. The molecule has 0 radical (unpaired) electrons. The van der Waals surface area contributed by atoms with E-state index in [2.05, 4.69) is 0 Å². The molecule has 3 aromatic carbocycles. The molecule has 1 unspecified atom stereocenters. The fourth-order valence-corrected chi connectivity index (χ4v) is 3.38. The van der Waals surface area contributed by atoms with E-state index in [-0.39, 0.29) is 12.2 Å². The molecule has 1 N–H and O–H groups in total. The number of hydrogen-bond acceptors (Lipinski definition) is 3. The van der Waals surface area contributed by atoms with Crippen LogP contribution in [0.1, 0.15) is 23.6 Å². The first-order chi connectivity index (χ1) is 16.9. The zero-order chi connectivity index (χ0) is 26.7. The maximum absolute atomic E-state index is 14.8. The fraction of sp³-hybridized carbons (Fsp3) is 0.160. The molecule has 0 saturated carbocycles. The van der Waals surface area contributed by atoms with Crippen LogP contribution in [-0.2, 0) is 21.2 Å². The zero-order valence-corrected chi connectivity index (χ0v) is 18.4. The molecule has 0 saturated heterocycles. The van der Waals surface area contributed by atoms with Crippen molar-refractivity contribution in [1.82, 2.24) is 0 Å². The maximum Gasteiger partial charge on any atom is 0.422 e. The molecular formula is C25H17F8NO2. The van der Waals surface area contributed by atoms with Crippen LogP contribution in [0.25, 0.3) is 6.08 Å². The van der Waals surface area contributed by atoms with E-state index in [9.17, 15) is 39.9 Å². The second-order valence-corrected chi connectivity index (χ2v) is 7.41. The number of rotatable bonds is 7. The Morgan fingerprint density at radius 2 is 1.42 bits per heavy atom. The van der Waals surface area contributed by atoms with Crippen molar-refractivity contribution in [2.24, 2.45) is 0 Å². The predicted molar refractivity (Wildman–Crippen MR) is 115 cm³/mol. The van der Waals surface area contributed by atoms with Crippen molar-refractivity contribution in [3.63, 3.8) is 0 Å². The molecule has 190 valence electrons. The van der Waals surface area contributed by atoms with Crippen LogP contribution in [0.15, 0.2) is 60.7 Å². The minimum Gasteiger partial charge on any atom is -0.464 e. The second-order valence-electron chi connectivity index (χ2n) is 7.41. The summed E-state index contributed by atoms with van der Waals surface area (Å²) in [4.78, 5) is 13.2. The molecule has 0 bridgehead atoms. The highest BCUT2D eigenvalue weighted by Crippen LogP contribution is 2.41. The fourth-order valence-electron chi connectivity index (χ4n) is 3.38. The van der Waals surface area contributed by atoms with Crippen LogP contribution in [0.2, 0.25) is 0 Å². The Kier molecular flexibility index (Phi) is 7.71. The third-order valence-electron chi connectivity index (χ3n) is 5.09. The Hall–Kier alpha value is -3.89. The third kappa shape index (κ3) is 5.19. The highest BCUT2D eigenvalue weighted by atomic mass is 19.4. The van der Waals surface area contributed by atoms with Gasteiger partial charge in [0.2, 0.25) is 0 Å². The summed E-state index contributed by atoms with van der Waals surface area (Å²) in [6, 6.07) is 11.8. The highest BCUT2D eigenvalue weighted by Gasteiger charge is 2.45. The summed E-state index contributed by atoms with van der Waals surface area (Å²) in [7, 11) is 0. The molecule has 11 heteroatoms. The van der Waals surface area contributed by atoms with Gasteiger partial charge in [-0.1, -0.05) is 48.5 Å². The first-order valence-corrected chi connectivity index (χ1v) is 10.3. The highest BCUT2D eigenvalue weighted by molar-refractivity contribution is 5.90. The van der Waals surface area contributed by atoms with E-state index in [1.165, 1.54) is 55.5 Å². The van der Waals surface area contributed by atoms with E-state index in [4.69, 9.17) is 4.74 Å². The molecule has 0 aromatic heterocycles. The first kappa shape index (κ1) is 26.7. The van der Waals surface area contributed by atoms with Gasteiger partial charge < -0.3 is 10.1 Å². The van der Waals surface area contributed by atoms with Crippen LogP contribution in [0, 0.1) is 29.1 Å². The number of esters is 1. The van der Waals surface area contributed by atoms with E-state index in [1.54, 1.807) is 0 Å². The molecule has 3 aromatic rings. The molecule has 0 aliphatic carbocycles. The van der Waals surface area contributed by atoms with Gasteiger partial charge in [-0.2, -0.15) is 13.2 Å². The van der Waals surface area contributed by atoms with Crippen molar-refractivity contribution in [3.8, 4) is 0 Å². The second kappa shape index (κ2) is 10.4. The predicted octanol–water partition coefficient (Wildman–Crippen LogP) is 6.98. The van der Waals surface area contributed by atoms with E-state index in [0.29, 0.717) is 5.56 Å². The van der Waals surface area contributed by atoms with Crippen LogP contribution >= 0.6 is 0 Å². The molecule has 0 aliphatic heterocycles. The van der Waals surface area contributed by atoms with Gasteiger partial charge in [-0.3, -0.25) is 0 Å². The summed E-state index contributed by atoms with van der Waals surface area (Å²) in [6.07, 6.45) is -3.49. The van der Waals surface area contributed by atoms with Gasteiger partial charge in [-0.15, -0.1) is 0 Å². The number of hydrogen-bond donors (Lipinski definition) is 1. The Balaban J connectivity index is 2.29. The molecule has 0 heterocycles. The number of nitrogens with one attached hydrogen (secondary N) is 1. The van der Waals surface area contributed by atoms with Gasteiger partial charge >= 0.3 is 12.1 Å². The molecule has 3 nitrogen and oxygen atoms in total. The minimum absolute atomic E-state index is 0.0404. The lowest BCUT2D eigenvalue weighted by Crippen LogP contribution is -2.44. The molecule has 0 amide bonds. The lowest BCUT2D eigenvalue weighted by molar-refractivity contribution is -0.147. The molecule has 36 heavy (non-hydrogen) atoms. The molecular weight excluding hydrogens is 498 g/mol. The van der Waals surface area contributed by atoms with Crippen molar-refractivity contribution in [3.05, 3.63) is 106 Å². The van der Waals surface area contributed by atoms with Crippen molar-refractivity contribution >= 4 is 17.7 Å². The smallest absolute Gasteiger partial charge is 0.422 e. The van der Waals surface area contributed by atoms with Crippen molar-refractivity contribution in [2.75, 3.05) is 11.9 Å². The standard InChI is InChI=1S/C25H17F8NO2/c1-2-36-23(35)24(15-6-4-3-5-7-15,13-12-14-8-10-16(26)11-9-14)34-22-20(29)18(27)17(25(31,32)33)19(28)21(22)30/h3-13,34H,2H2,1H3/b13-12+. The Bertz CT molecular complexity index is 1240. The van der Waals surface area contributed by atoms with Crippen molar-refractivity contribution in [2.45, 2.75) is 18.6 Å². The zero-order valence-electron chi connectivity index (χ0n) is 18.4. The quantitative estimate of drug-likeness (QED) is 0.210. The van der Waals surface area contributed by atoms with Gasteiger partial charge in [0.05, 0.1) is 6.61 Å². The number of halogens is 8. The van der Waals surface area contributed by atoms with Gasteiger partial charge in [0.25, 0.3) is 0 Å². The maximum atomic E-state index is 14.8. The van der Waals surface area contributed by atoms with E-state index in [1.807, 2.05) is 5.32 Å². The average Bonchev–Trinajstić information content (AvgIpc) is 2.83. The molecule has 0 aliphatic rings. The summed E-state index contributed by atoms with van der Waals surface area (Å²) in [5.41, 5.74) is -6.55. The van der Waals surface area contributed by atoms with Gasteiger partial charge in [0, 0.05) is 0 Å². The van der Waals surface area contributed by atoms with E-state index in [0.717, 1.165) is 18.2 Å². The minimum atomic E-state index is -5.74. The number of benzene rings is 3. The first-order valence-electron chi connectivity index (χ1n) is 10.3. The Labute approximate surface area is 200 Å². The normalized spacial score (nSPS) is 13.5. The van der Waals surface area contributed by atoms with Crippen molar-refractivity contribution in [1.29, 1.82) is 0 Å². The summed E-state index contributed by atoms with van der Waals surface area (Å²) < 4.78 is 116. The van der Waals surface area contributed by atoms with Crippen LogP contribution in [-0.4, -0.2) is 12.6 Å². The van der Waals surface area contributed by atoms with Gasteiger partial charge in [-0.05, 0) is 36.3 Å². The number of carbonyl (C=O) groups is 1. The van der Waals surface area contributed by atoms with E-state index >= 15 is 0 Å². The monoisotopic (exact) mass is 515 g/mol. The lowest BCUT2D eigenvalue weighted by atomic mass is 9.88. The molecule has 1 atom stereocenters. The van der Waals surface area contributed by atoms with Crippen molar-refractivity contribution < 1.29 is 44.7 Å². The molecule has 3 rings (SSSR count). The van der Waals surface area contributed by atoms with Crippen LogP contribution in [0.3, 0.4) is 0 Å².